The van der Waals surface area contributed by atoms with Crippen LogP contribution in [-0.4, -0.2) is 46.1 Å². The molecule has 3 rings (SSSR count). The molecule has 0 unspecified atom stereocenters. The summed E-state index contributed by atoms with van der Waals surface area (Å²) in [5.41, 5.74) is -0.798. The first kappa shape index (κ1) is 20.1. The van der Waals surface area contributed by atoms with E-state index in [1.165, 1.54) is 25.1 Å². The van der Waals surface area contributed by atoms with Gasteiger partial charge >= 0.3 is 6.18 Å². The normalized spacial score (nSPS) is 11.3. The van der Waals surface area contributed by atoms with Crippen LogP contribution < -0.4 is 4.74 Å². The zero-order valence-corrected chi connectivity index (χ0v) is 15.6. The lowest BCUT2D eigenvalue weighted by atomic mass is 10.1. The number of aromatic nitrogens is 3. The zero-order valence-electron chi connectivity index (χ0n) is 15.6. The highest BCUT2D eigenvalue weighted by atomic mass is 19.4. The molecule has 3 aromatic rings. The molecule has 2 aromatic heterocycles. The van der Waals surface area contributed by atoms with E-state index in [-0.39, 0.29) is 30.0 Å². The fourth-order valence-corrected chi connectivity index (χ4v) is 2.71. The number of nitriles is 1. The average molecular weight is 403 g/mol. The van der Waals surface area contributed by atoms with E-state index in [2.05, 4.69) is 10.1 Å². The molecule has 0 radical (unpaired) electrons. The van der Waals surface area contributed by atoms with E-state index in [4.69, 9.17) is 10.00 Å². The molecule has 0 N–H and O–H groups in total. The van der Waals surface area contributed by atoms with Crippen molar-refractivity contribution in [1.29, 1.82) is 5.26 Å². The van der Waals surface area contributed by atoms with E-state index in [0.717, 1.165) is 6.07 Å². The van der Waals surface area contributed by atoms with Gasteiger partial charge in [-0.3, -0.25) is 4.79 Å². The number of methoxy groups -OCH3 is 1. The summed E-state index contributed by atoms with van der Waals surface area (Å²) in [7, 11) is 2.93. The summed E-state index contributed by atoms with van der Waals surface area (Å²) in [5.74, 6) is -0.0339. The molecule has 150 valence electrons. The average Bonchev–Trinajstić information content (AvgIpc) is 3.13. The van der Waals surface area contributed by atoms with Crippen LogP contribution in [0.4, 0.5) is 13.2 Å². The lowest BCUT2D eigenvalue weighted by Gasteiger charge is -2.13. The van der Waals surface area contributed by atoms with Gasteiger partial charge in [-0.1, -0.05) is 0 Å². The van der Waals surface area contributed by atoms with Gasteiger partial charge in [-0.15, -0.1) is 0 Å². The maximum atomic E-state index is 13.6. The first-order valence-electron chi connectivity index (χ1n) is 8.49. The third-order valence-corrected chi connectivity index (χ3v) is 4.23. The smallest absolute Gasteiger partial charge is 0.433 e. The topological polar surface area (TPSA) is 83.5 Å². The van der Waals surface area contributed by atoms with Crippen LogP contribution in [0.15, 0.2) is 36.4 Å². The quantitative estimate of drug-likeness (QED) is 0.652. The molecule has 2 heterocycles. The minimum Gasteiger partial charge on any atom is -0.497 e. The standard InChI is InChI=1S/C19H16F3N5O2/c1-26(9-3-8-23)18(28)15-11-17-24-14(12-4-6-13(29-2)7-5-12)10-16(19(20,21)22)27(17)25-15/h4-7,10-11H,3,9H2,1-2H3. The maximum Gasteiger partial charge on any atom is 0.433 e. The van der Waals surface area contributed by atoms with Crippen molar-refractivity contribution in [2.75, 3.05) is 20.7 Å². The second-order valence-corrected chi connectivity index (χ2v) is 6.19. The second-order valence-electron chi connectivity index (χ2n) is 6.19. The van der Waals surface area contributed by atoms with Crippen LogP contribution in [0.5, 0.6) is 5.75 Å². The van der Waals surface area contributed by atoms with Gasteiger partial charge in [-0.2, -0.15) is 23.5 Å². The fraction of sp³-hybridized carbons (Fsp3) is 0.263. The highest BCUT2D eigenvalue weighted by Crippen LogP contribution is 2.32. The van der Waals surface area contributed by atoms with Crippen LogP contribution in [0, 0.1) is 11.3 Å². The number of hydrogen-bond donors (Lipinski definition) is 0. The summed E-state index contributed by atoms with van der Waals surface area (Å²) in [6.07, 6.45) is -4.61. The molecule has 0 fully saturated rings. The molecule has 0 spiro atoms. The Morgan fingerprint density at radius 3 is 2.55 bits per heavy atom. The number of carbonyl (C=O) groups excluding carboxylic acids is 1. The Bertz CT molecular complexity index is 1080. The molecule has 0 saturated heterocycles. The molecule has 0 bridgehead atoms. The van der Waals surface area contributed by atoms with Crippen LogP contribution in [0.2, 0.25) is 0 Å². The van der Waals surface area contributed by atoms with Crippen molar-refractivity contribution >= 4 is 11.6 Å². The van der Waals surface area contributed by atoms with Gasteiger partial charge in [-0.05, 0) is 30.3 Å². The Morgan fingerprint density at radius 2 is 1.97 bits per heavy atom. The SMILES string of the molecule is COc1ccc(-c2cc(C(F)(F)F)n3nc(C(=O)N(C)CCC#N)cc3n2)cc1. The van der Waals surface area contributed by atoms with E-state index in [0.29, 0.717) is 15.8 Å². The number of rotatable bonds is 5. The molecule has 10 heteroatoms. The number of ether oxygens (including phenoxy) is 1. The summed E-state index contributed by atoms with van der Waals surface area (Å²) in [6, 6.07) is 10.4. The molecule has 0 aliphatic rings. The van der Waals surface area contributed by atoms with Crippen molar-refractivity contribution < 1.29 is 22.7 Å². The van der Waals surface area contributed by atoms with Crippen LogP contribution >= 0.6 is 0 Å². The molecule has 0 aliphatic carbocycles. The fourth-order valence-electron chi connectivity index (χ4n) is 2.71. The van der Waals surface area contributed by atoms with E-state index in [9.17, 15) is 18.0 Å². The van der Waals surface area contributed by atoms with Crippen molar-refractivity contribution in [3.8, 4) is 23.1 Å². The van der Waals surface area contributed by atoms with E-state index >= 15 is 0 Å². The number of alkyl halides is 3. The van der Waals surface area contributed by atoms with Crippen molar-refractivity contribution in [2.45, 2.75) is 12.6 Å². The van der Waals surface area contributed by atoms with Crippen LogP contribution in [0.25, 0.3) is 16.9 Å². The molecule has 0 aliphatic heterocycles. The highest BCUT2D eigenvalue weighted by Gasteiger charge is 2.35. The number of hydrogen-bond acceptors (Lipinski definition) is 5. The lowest BCUT2D eigenvalue weighted by molar-refractivity contribution is -0.142. The van der Waals surface area contributed by atoms with Gasteiger partial charge in [0.25, 0.3) is 5.91 Å². The highest BCUT2D eigenvalue weighted by molar-refractivity contribution is 5.93. The van der Waals surface area contributed by atoms with E-state index < -0.39 is 17.8 Å². The molecular formula is C19H16F3N5O2. The maximum absolute atomic E-state index is 13.6. The predicted molar refractivity (Wildman–Crippen MR) is 97.2 cm³/mol. The first-order chi connectivity index (χ1) is 13.7. The molecule has 1 amide bonds. The summed E-state index contributed by atoms with van der Waals surface area (Å²) in [6.45, 7) is 0.139. The van der Waals surface area contributed by atoms with Crippen molar-refractivity contribution in [3.63, 3.8) is 0 Å². The van der Waals surface area contributed by atoms with Gasteiger partial charge in [0.1, 0.15) is 5.75 Å². The predicted octanol–water partition coefficient (Wildman–Crippen LogP) is 3.41. The van der Waals surface area contributed by atoms with Gasteiger partial charge in [0, 0.05) is 25.2 Å². The van der Waals surface area contributed by atoms with Gasteiger partial charge in [0.15, 0.2) is 17.0 Å². The van der Waals surface area contributed by atoms with E-state index in [1.54, 1.807) is 24.3 Å². The van der Waals surface area contributed by atoms with Crippen molar-refractivity contribution in [2.24, 2.45) is 0 Å². The number of halogens is 3. The monoisotopic (exact) mass is 403 g/mol. The Kier molecular flexibility index (Phi) is 5.41. The molecule has 29 heavy (non-hydrogen) atoms. The second kappa shape index (κ2) is 7.79. The third kappa shape index (κ3) is 4.13. The number of carbonyl (C=O) groups is 1. The Labute approximate surface area is 163 Å². The number of nitrogens with zero attached hydrogens (tertiary/aromatic N) is 5. The van der Waals surface area contributed by atoms with Crippen LogP contribution in [0.3, 0.4) is 0 Å². The summed E-state index contributed by atoms with van der Waals surface area (Å²) in [5, 5.41) is 12.4. The van der Waals surface area contributed by atoms with Crippen LogP contribution in [0.1, 0.15) is 22.6 Å². The Balaban J connectivity index is 2.10. The Hall–Kier alpha value is -3.61. The van der Waals surface area contributed by atoms with Crippen molar-refractivity contribution in [3.05, 3.63) is 47.8 Å². The van der Waals surface area contributed by atoms with E-state index in [1.807, 2.05) is 6.07 Å². The molecular weight excluding hydrogens is 387 g/mol. The minimum absolute atomic E-state index is 0.0872. The number of amides is 1. The summed E-state index contributed by atoms with van der Waals surface area (Å²) >= 11 is 0. The Morgan fingerprint density at radius 1 is 1.28 bits per heavy atom. The lowest BCUT2D eigenvalue weighted by Crippen LogP contribution is -2.28. The molecule has 0 saturated carbocycles. The summed E-state index contributed by atoms with van der Waals surface area (Å²) in [4.78, 5) is 17.9. The molecule has 0 atom stereocenters. The number of fused-ring (bicyclic) bond motifs is 1. The first-order valence-corrected chi connectivity index (χ1v) is 8.49. The minimum atomic E-state index is -4.71. The van der Waals surface area contributed by atoms with Crippen LogP contribution in [-0.2, 0) is 6.18 Å². The molecule has 7 nitrogen and oxygen atoms in total. The zero-order chi connectivity index (χ0) is 21.2. The number of benzene rings is 1. The van der Waals surface area contributed by atoms with Gasteiger partial charge in [0.2, 0.25) is 0 Å². The third-order valence-electron chi connectivity index (χ3n) is 4.23. The van der Waals surface area contributed by atoms with Crippen molar-refractivity contribution in [1.82, 2.24) is 19.5 Å². The largest absolute Gasteiger partial charge is 0.497 e. The van der Waals surface area contributed by atoms with Gasteiger partial charge < -0.3 is 9.64 Å². The molecule has 1 aromatic carbocycles. The van der Waals surface area contributed by atoms with Gasteiger partial charge in [-0.25, -0.2) is 9.50 Å². The van der Waals surface area contributed by atoms with Gasteiger partial charge in [0.05, 0.1) is 25.3 Å². The summed E-state index contributed by atoms with van der Waals surface area (Å²) < 4.78 is 46.5.